The Morgan fingerprint density at radius 1 is 1.25 bits per heavy atom. The molecule has 0 fully saturated rings. The molecule has 2 N–H and O–H groups in total. The molecule has 0 radical (unpaired) electrons. The molecule has 0 amide bonds. The summed E-state index contributed by atoms with van der Waals surface area (Å²) in [7, 11) is 2.08. The van der Waals surface area contributed by atoms with E-state index in [1.54, 1.807) is 6.07 Å². The van der Waals surface area contributed by atoms with Gasteiger partial charge in [-0.3, -0.25) is 0 Å². The lowest BCUT2D eigenvalue weighted by molar-refractivity contribution is -0.0505. The van der Waals surface area contributed by atoms with Crippen LogP contribution in [0.2, 0.25) is 0 Å². The Morgan fingerprint density at radius 2 is 1.96 bits per heavy atom. The predicted molar refractivity (Wildman–Crippen MR) is 104 cm³/mol. The predicted octanol–water partition coefficient (Wildman–Crippen LogP) is 2.80. The Balaban J connectivity index is 2.05. The minimum absolute atomic E-state index is 0.0374. The van der Waals surface area contributed by atoms with Crippen molar-refractivity contribution in [2.75, 3.05) is 33.5 Å². The van der Waals surface area contributed by atoms with Crippen molar-refractivity contribution < 1.29 is 23.0 Å². The maximum absolute atomic E-state index is 12.7. The van der Waals surface area contributed by atoms with E-state index in [-0.39, 0.29) is 19.1 Å². The maximum atomic E-state index is 12.7. The number of ether oxygens (including phenoxy) is 3. The van der Waals surface area contributed by atoms with Gasteiger partial charge in [-0.15, -0.1) is 0 Å². The number of alkyl halides is 2. The first-order valence-corrected chi connectivity index (χ1v) is 9.54. The van der Waals surface area contributed by atoms with Crippen LogP contribution in [0.4, 0.5) is 8.78 Å². The van der Waals surface area contributed by atoms with Gasteiger partial charge in [-0.1, -0.05) is 6.92 Å². The van der Waals surface area contributed by atoms with Crippen molar-refractivity contribution in [2.24, 2.45) is 4.99 Å². The molecule has 9 heteroatoms. The van der Waals surface area contributed by atoms with Crippen molar-refractivity contribution in [3.05, 3.63) is 17.7 Å². The standard InChI is InChI=1S/C19H30F2N4O3/c1-5-13(3)25(4)8-7-23-19(22-6-2)24-11-14-9-16-17(27-12-26-16)10-15(14)28-18(20)21/h9-10,13,18H,5-8,11-12H2,1-4H3,(H2,22,23,24). The van der Waals surface area contributed by atoms with E-state index in [1.165, 1.54) is 6.07 Å². The molecule has 0 aromatic heterocycles. The Hall–Kier alpha value is -2.29. The molecule has 1 heterocycles. The highest BCUT2D eigenvalue weighted by atomic mass is 19.3. The van der Waals surface area contributed by atoms with Gasteiger partial charge in [0.25, 0.3) is 0 Å². The summed E-state index contributed by atoms with van der Waals surface area (Å²) in [6.45, 7) is 5.87. The molecule has 28 heavy (non-hydrogen) atoms. The Morgan fingerprint density at radius 3 is 2.61 bits per heavy atom. The third-order valence-electron chi connectivity index (χ3n) is 4.62. The number of benzene rings is 1. The van der Waals surface area contributed by atoms with Crippen LogP contribution in [0.25, 0.3) is 0 Å². The lowest BCUT2D eigenvalue weighted by Gasteiger charge is -2.24. The zero-order valence-corrected chi connectivity index (χ0v) is 16.9. The van der Waals surface area contributed by atoms with Gasteiger partial charge < -0.3 is 29.7 Å². The van der Waals surface area contributed by atoms with E-state index >= 15 is 0 Å². The minimum Gasteiger partial charge on any atom is -0.454 e. The van der Waals surface area contributed by atoms with Gasteiger partial charge >= 0.3 is 6.61 Å². The first-order valence-electron chi connectivity index (χ1n) is 9.54. The average Bonchev–Trinajstić information content (AvgIpc) is 3.11. The van der Waals surface area contributed by atoms with E-state index in [2.05, 4.69) is 46.2 Å². The zero-order valence-electron chi connectivity index (χ0n) is 16.9. The molecule has 0 saturated heterocycles. The number of aliphatic imine (C=N–C) groups is 1. The van der Waals surface area contributed by atoms with Crippen LogP contribution in [0, 0.1) is 0 Å². The van der Waals surface area contributed by atoms with Gasteiger partial charge in [-0.05, 0) is 33.4 Å². The van der Waals surface area contributed by atoms with Crippen molar-refractivity contribution in [1.82, 2.24) is 15.5 Å². The van der Waals surface area contributed by atoms with E-state index < -0.39 is 6.61 Å². The molecule has 0 aliphatic carbocycles. The largest absolute Gasteiger partial charge is 0.454 e. The summed E-state index contributed by atoms with van der Waals surface area (Å²) in [4.78, 5) is 6.76. The summed E-state index contributed by atoms with van der Waals surface area (Å²) in [5.41, 5.74) is 0.499. The molecule has 1 atom stereocenters. The van der Waals surface area contributed by atoms with E-state index in [4.69, 9.17) is 9.47 Å². The fourth-order valence-corrected chi connectivity index (χ4v) is 2.68. The van der Waals surface area contributed by atoms with Gasteiger partial charge in [0.1, 0.15) is 5.75 Å². The number of nitrogens with zero attached hydrogens (tertiary/aromatic N) is 2. The highest BCUT2D eigenvalue weighted by molar-refractivity contribution is 5.79. The summed E-state index contributed by atoms with van der Waals surface area (Å²) in [5, 5.41) is 6.42. The van der Waals surface area contributed by atoms with Gasteiger partial charge in [-0.2, -0.15) is 8.78 Å². The number of halogens is 2. The van der Waals surface area contributed by atoms with Gasteiger partial charge in [0.15, 0.2) is 17.5 Å². The van der Waals surface area contributed by atoms with Gasteiger partial charge in [0, 0.05) is 37.3 Å². The normalized spacial score (nSPS) is 14.5. The number of rotatable bonds is 10. The first kappa shape index (κ1) is 22.0. The molecule has 1 unspecified atom stereocenters. The third kappa shape index (κ3) is 6.40. The van der Waals surface area contributed by atoms with Crippen LogP contribution in [0.1, 0.15) is 32.8 Å². The summed E-state index contributed by atoms with van der Waals surface area (Å²) >= 11 is 0. The second-order valence-corrected chi connectivity index (χ2v) is 6.55. The van der Waals surface area contributed by atoms with Gasteiger partial charge in [-0.25, -0.2) is 4.99 Å². The highest BCUT2D eigenvalue weighted by Gasteiger charge is 2.20. The van der Waals surface area contributed by atoms with E-state index in [9.17, 15) is 8.78 Å². The van der Waals surface area contributed by atoms with E-state index in [0.29, 0.717) is 42.2 Å². The Bertz CT molecular complexity index is 658. The summed E-state index contributed by atoms with van der Waals surface area (Å²) in [6.07, 6.45) is 1.09. The molecule has 0 bridgehead atoms. The molecule has 1 aromatic rings. The third-order valence-corrected chi connectivity index (χ3v) is 4.62. The van der Waals surface area contributed by atoms with Crippen LogP contribution in [0.15, 0.2) is 17.1 Å². The van der Waals surface area contributed by atoms with Crippen LogP contribution >= 0.6 is 0 Å². The molecule has 1 aliphatic rings. The van der Waals surface area contributed by atoms with Crippen molar-refractivity contribution in [1.29, 1.82) is 0 Å². The van der Waals surface area contributed by atoms with Crippen LogP contribution in [0.3, 0.4) is 0 Å². The first-order chi connectivity index (χ1) is 13.4. The number of nitrogens with one attached hydrogen (secondary N) is 2. The SMILES string of the molecule is CCNC(=NCc1cc2c(cc1OC(F)F)OCO2)NCCN(C)C(C)CC. The molecule has 1 aliphatic heterocycles. The lowest BCUT2D eigenvalue weighted by atomic mass is 10.1. The van der Waals surface area contributed by atoms with Crippen molar-refractivity contribution in [2.45, 2.75) is 46.4 Å². The van der Waals surface area contributed by atoms with Crippen molar-refractivity contribution in [3.8, 4) is 17.2 Å². The number of likely N-dealkylation sites (N-methyl/N-ethyl adjacent to an activating group) is 1. The van der Waals surface area contributed by atoms with Gasteiger partial charge in [0.2, 0.25) is 6.79 Å². The van der Waals surface area contributed by atoms with Gasteiger partial charge in [0.05, 0.1) is 6.54 Å². The molecular weight excluding hydrogens is 370 g/mol. The zero-order chi connectivity index (χ0) is 20.5. The number of hydrogen-bond acceptors (Lipinski definition) is 5. The van der Waals surface area contributed by atoms with E-state index in [0.717, 1.165) is 13.0 Å². The van der Waals surface area contributed by atoms with Crippen molar-refractivity contribution in [3.63, 3.8) is 0 Å². The second-order valence-electron chi connectivity index (χ2n) is 6.55. The number of hydrogen-bond donors (Lipinski definition) is 2. The summed E-state index contributed by atoms with van der Waals surface area (Å²) < 4.78 is 40.7. The molecular formula is C19H30F2N4O3. The molecule has 0 spiro atoms. The lowest BCUT2D eigenvalue weighted by Crippen LogP contribution is -2.42. The second kappa shape index (κ2) is 10.9. The van der Waals surface area contributed by atoms with Crippen LogP contribution in [-0.4, -0.2) is 57.0 Å². The fraction of sp³-hybridized carbons (Fsp3) is 0.632. The van der Waals surface area contributed by atoms with Crippen LogP contribution in [0.5, 0.6) is 17.2 Å². The maximum Gasteiger partial charge on any atom is 0.387 e. The Labute approximate surface area is 165 Å². The highest BCUT2D eigenvalue weighted by Crippen LogP contribution is 2.38. The molecule has 1 aromatic carbocycles. The monoisotopic (exact) mass is 400 g/mol. The average molecular weight is 400 g/mol. The van der Waals surface area contributed by atoms with Crippen LogP contribution < -0.4 is 24.8 Å². The molecule has 7 nitrogen and oxygen atoms in total. The molecule has 158 valence electrons. The Kier molecular flexibility index (Phi) is 8.56. The molecule has 2 rings (SSSR count). The summed E-state index contributed by atoms with van der Waals surface area (Å²) in [5.74, 6) is 1.54. The molecule has 0 saturated carbocycles. The van der Waals surface area contributed by atoms with Crippen molar-refractivity contribution >= 4 is 5.96 Å². The number of fused-ring (bicyclic) bond motifs is 1. The smallest absolute Gasteiger partial charge is 0.387 e. The minimum atomic E-state index is -2.93. The van der Waals surface area contributed by atoms with E-state index in [1.807, 2.05) is 6.92 Å². The number of guanidine groups is 1. The topological polar surface area (TPSA) is 67.4 Å². The van der Waals surface area contributed by atoms with Crippen LogP contribution in [-0.2, 0) is 6.54 Å². The fourth-order valence-electron chi connectivity index (χ4n) is 2.68. The summed E-state index contributed by atoms with van der Waals surface area (Å²) in [6, 6.07) is 3.55. The quantitative estimate of drug-likeness (QED) is 0.465.